The predicted molar refractivity (Wildman–Crippen MR) is 80.1 cm³/mol. The molecule has 3 nitrogen and oxygen atoms in total. The molecule has 0 aliphatic heterocycles. The Hall–Kier alpha value is 0.0969. The SMILES string of the molecule is CCCCCC[C@@H]([SiH3])C(OCC)(OCC)OCC. The molecule has 0 aliphatic rings. The van der Waals surface area contributed by atoms with E-state index in [4.69, 9.17) is 14.2 Å². The Morgan fingerprint density at radius 3 is 1.72 bits per heavy atom. The molecule has 18 heavy (non-hydrogen) atoms. The van der Waals surface area contributed by atoms with Gasteiger partial charge in [-0.2, -0.15) is 0 Å². The molecule has 0 bridgehead atoms. The highest BCUT2D eigenvalue weighted by molar-refractivity contribution is 6.12. The summed E-state index contributed by atoms with van der Waals surface area (Å²) in [6, 6.07) is 0. The van der Waals surface area contributed by atoms with Crippen LogP contribution in [0.15, 0.2) is 0 Å². The quantitative estimate of drug-likeness (QED) is 0.312. The molecule has 0 saturated carbocycles. The third kappa shape index (κ3) is 6.32. The zero-order valence-corrected chi connectivity index (χ0v) is 15.0. The molecule has 0 aliphatic carbocycles. The summed E-state index contributed by atoms with van der Waals surface area (Å²) in [5.74, 6) is -0.781. The van der Waals surface area contributed by atoms with Crippen LogP contribution in [0.1, 0.15) is 59.8 Å². The van der Waals surface area contributed by atoms with E-state index in [-0.39, 0.29) is 0 Å². The molecule has 0 radical (unpaired) electrons. The lowest BCUT2D eigenvalue weighted by atomic mass is 10.1. The van der Waals surface area contributed by atoms with Crippen molar-refractivity contribution in [2.45, 2.75) is 71.3 Å². The van der Waals surface area contributed by atoms with Crippen LogP contribution >= 0.6 is 0 Å². The van der Waals surface area contributed by atoms with Crippen molar-refractivity contribution in [2.24, 2.45) is 0 Å². The summed E-state index contributed by atoms with van der Waals surface area (Å²) in [6.45, 7) is 10.1. The van der Waals surface area contributed by atoms with Gasteiger partial charge in [-0.15, -0.1) is 0 Å². The van der Waals surface area contributed by atoms with Gasteiger partial charge in [0.25, 0.3) is 5.97 Å². The van der Waals surface area contributed by atoms with Gasteiger partial charge in [-0.3, -0.25) is 0 Å². The van der Waals surface area contributed by atoms with Crippen molar-refractivity contribution in [3.63, 3.8) is 0 Å². The van der Waals surface area contributed by atoms with Crippen LogP contribution in [-0.4, -0.2) is 36.0 Å². The van der Waals surface area contributed by atoms with E-state index in [1.807, 2.05) is 20.8 Å². The summed E-state index contributed by atoms with van der Waals surface area (Å²) >= 11 is 0. The van der Waals surface area contributed by atoms with Crippen LogP contribution in [0, 0.1) is 0 Å². The van der Waals surface area contributed by atoms with Crippen molar-refractivity contribution < 1.29 is 14.2 Å². The first kappa shape index (κ1) is 18.1. The number of unbranched alkanes of at least 4 members (excludes halogenated alkanes) is 3. The Morgan fingerprint density at radius 2 is 1.33 bits per heavy atom. The summed E-state index contributed by atoms with van der Waals surface area (Å²) in [5, 5.41) is 0. The molecule has 0 fully saturated rings. The van der Waals surface area contributed by atoms with E-state index >= 15 is 0 Å². The summed E-state index contributed by atoms with van der Waals surface area (Å²) < 4.78 is 17.5. The van der Waals surface area contributed by atoms with Crippen LogP contribution in [-0.2, 0) is 14.2 Å². The van der Waals surface area contributed by atoms with Crippen molar-refractivity contribution >= 4 is 10.2 Å². The molecular formula is C14H32O3Si. The van der Waals surface area contributed by atoms with E-state index in [1.165, 1.54) is 25.7 Å². The molecule has 0 heterocycles. The van der Waals surface area contributed by atoms with Gasteiger partial charge in [-0.1, -0.05) is 32.6 Å². The van der Waals surface area contributed by atoms with E-state index in [9.17, 15) is 0 Å². The average molecular weight is 276 g/mol. The second-order valence-corrected chi connectivity index (χ2v) is 6.05. The molecule has 0 spiro atoms. The lowest BCUT2D eigenvalue weighted by Crippen LogP contribution is -2.44. The number of hydrogen-bond acceptors (Lipinski definition) is 3. The Labute approximate surface area is 116 Å². The highest BCUT2D eigenvalue weighted by atomic mass is 28.1. The van der Waals surface area contributed by atoms with Gasteiger partial charge in [0.05, 0.1) is 0 Å². The molecule has 0 rings (SSSR count). The second kappa shape index (κ2) is 11.0. The first-order valence-electron chi connectivity index (χ1n) is 7.58. The molecule has 0 aromatic rings. The lowest BCUT2D eigenvalue weighted by Gasteiger charge is -2.37. The molecule has 0 aromatic heterocycles. The first-order chi connectivity index (χ1) is 8.66. The molecule has 4 heteroatoms. The van der Waals surface area contributed by atoms with Crippen LogP contribution in [0.3, 0.4) is 0 Å². The van der Waals surface area contributed by atoms with Crippen molar-refractivity contribution in [3.8, 4) is 0 Å². The smallest absolute Gasteiger partial charge is 0.282 e. The fourth-order valence-electron chi connectivity index (χ4n) is 2.21. The van der Waals surface area contributed by atoms with Gasteiger partial charge in [-0.25, -0.2) is 0 Å². The van der Waals surface area contributed by atoms with Gasteiger partial charge >= 0.3 is 0 Å². The fourth-order valence-corrected chi connectivity index (χ4v) is 3.12. The molecule has 0 amide bonds. The third-order valence-electron chi connectivity index (χ3n) is 3.13. The van der Waals surface area contributed by atoms with E-state index in [1.54, 1.807) is 0 Å². The molecule has 0 N–H and O–H groups in total. The molecule has 110 valence electrons. The van der Waals surface area contributed by atoms with E-state index in [2.05, 4.69) is 6.92 Å². The summed E-state index contributed by atoms with van der Waals surface area (Å²) in [6.07, 6.45) is 6.29. The van der Waals surface area contributed by atoms with Gasteiger partial charge in [-0.05, 0) is 27.2 Å². The van der Waals surface area contributed by atoms with E-state index < -0.39 is 5.97 Å². The monoisotopic (exact) mass is 276 g/mol. The normalized spacial score (nSPS) is 14.0. The Morgan fingerprint density at radius 1 is 0.833 bits per heavy atom. The Balaban J connectivity index is 4.39. The van der Waals surface area contributed by atoms with Crippen molar-refractivity contribution in [1.29, 1.82) is 0 Å². The Bertz CT molecular complexity index is 171. The summed E-state index contributed by atoms with van der Waals surface area (Å²) in [4.78, 5) is 0. The van der Waals surface area contributed by atoms with Gasteiger partial charge < -0.3 is 14.2 Å². The van der Waals surface area contributed by atoms with Crippen LogP contribution in [0.25, 0.3) is 0 Å². The lowest BCUT2D eigenvalue weighted by molar-refractivity contribution is -0.379. The first-order valence-corrected chi connectivity index (χ1v) is 8.74. The van der Waals surface area contributed by atoms with E-state index in [0.29, 0.717) is 25.4 Å². The largest absolute Gasteiger partial charge is 0.328 e. The molecule has 0 saturated heterocycles. The summed E-state index contributed by atoms with van der Waals surface area (Å²) in [7, 11) is 1.03. The van der Waals surface area contributed by atoms with Crippen molar-refractivity contribution in [1.82, 2.24) is 0 Å². The highest BCUT2D eigenvalue weighted by Gasteiger charge is 2.38. The molecule has 0 aromatic carbocycles. The number of rotatable bonds is 12. The van der Waals surface area contributed by atoms with Gasteiger partial charge in [0, 0.05) is 35.6 Å². The van der Waals surface area contributed by atoms with Crippen LogP contribution in [0.2, 0.25) is 5.54 Å². The molecule has 0 unspecified atom stereocenters. The van der Waals surface area contributed by atoms with Crippen LogP contribution in [0.4, 0.5) is 0 Å². The third-order valence-corrected chi connectivity index (χ3v) is 4.42. The Kier molecular flexibility index (Phi) is 11.0. The summed E-state index contributed by atoms with van der Waals surface area (Å²) in [5.41, 5.74) is 0.397. The zero-order valence-electron chi connectivity index (χ0n) is 13.0. The second-order valence-electron chi connectivity index (χ2n) is 4.65. The topological polar surface area (TPSA) is 27.7 Å². The van der Waals surface area contributed by atoms with E-state index in [0.717, 1.165) is 16.7 Å². The zero-order chi connectivity index (χ0) is 13.9. The standard InChI is InChI=1S/C14H32O3Si/c1-5-9-10-11-12-13(18)14(15-6-2,16-7-3)17-8-4/h13H,5-12H2,1-4,18H3/t13-/m1/s1. The predicted octanol–water partition coefficient (Wildman–Crippen LogP) is 2.87. The number of hydrogen-bond donors (Lipinski definition) is 0. The van der Waals surface area contributed by atoms with Crippen molar-refractivity contribution in [2.75, 3.05) is 19.8 Å². The average Bonchev–Trinajstić information content (AvgIpc) is 2.35. The van der Waals surface area contributed by atoms with Gasteiger partial charge in [0.1, 0.15) is 0 Å². The maximum atomic E-state index is 5.82. The van der Waals surface area contributed by atoms with Crippen LogP contribution < -0.4 is 0 Å². The maximum absolute atomic E-state index is 5.82. The fraction of sp³-hybridized carbons (Fsp3) is 1.00. The molecular weight excluding hydrogens is 244 g/mol. The maximum Gasteiger partial charge on any atom is 0.282 e. The van der Waals surface area contributed by atoms with Crippen LogP contribution in [0.5, 0.6) is 0 Å². The van der Waals surface area contributed by atoms with Crippen molar-refractivity contribution in [3.05, 3.63) is 0 Å². The minimum absolute atomic E-state index is 0.397. The minimum atomic E-state index is -0.781. The highest BCUT2D eigenvalue weighted by Crippen LogP contribution is 2.32. The van der Waals surface area contributed by atoms with Gasteiger partial charge in [0.15, 0.2) is 0 Å². The molecule has 1 atom stereocenters. The number of ether oxygens (including phenoxy) is 3. The van der Waals surface area contributed by atoms with Gasteiger partial charge in [0.2, 0.25) is 0 Å². The minimum Gasteiger partial charge on any atom is -0.328 e.